The number of nitrogens with one attached hydrogen (secondary N) is 1. The molecule has 0 radical (unpaired) electrons. The molecule has 2 heteroatoms. The van der Waals surface area contributed by atoms with Crippen LogP contribution in [-0.2, 0) is 0 Å². The number of hydrogen-bond acceptors (Lipinski definition) is 2. The van der Waals surface area contributed by atoms with Gasteiger partial charge >= 0.3 is 0 Å². The highest BCUT2D eigenvalue weighted by atomic mass is 15.3. The van der Waals surface area contributed by atoms with Crippen LogP contribution in [0.1, 0.15) is 18.4 Å². The van der Waals surface area contributed by atoms with Gasteiger partial charge in [0.05, 0.1) is 5.69 Å². The normalized spacial score (nSPS) is 12.5. The molecule has 1 N–H and O–H groups in total. The Balaban J connectivity index is 1.93. The fraction of sp³-hybridized carbons (Fsp3) is 0.133. The monoisotopic (exact) mass is 224 g/mol. The van der Waals surface area contributed by atoms with Crippen LogP contribution in [0.25, 0.3) is 0 Å². The third kappa shape index (κ3) is 3.45. The van der Waals surface area contributed by atoms with Crippen molar-refractivity contribution in [1.29, 1.82) is 0 Å². The van der Waals surface area contributed by atoms with Crippen LogP contribution in [0.5, 0.6) is 0 Å². The molecule has 2 rings (SSSR count). The number of rotatable bonds is 4. The second kappa shape index (κ2) is 5.85. The topological polar surface area (TPSA) is 24.4 Å². The first-order valence-electron chi connectivity index (χ1n) is 5.75. The summed E-state index contributed by atoms with van der Waals surface area (Å²) in [6.45, 7) is 2.13. The lowest BCUT2D eigenvalue weighted by molar-refractivity contribution is 1.04. The lowest BCUT2D eigenvalue weighted by atomic mass is 10.0. The van der Waals surface area contributed by atoms with Crippen molar-refractivity contribution in [2.75, 3.05) is 5.43 Å². The summed E-state index contributed by atoms with van der Waals surface area (Å²) < 4.78 is 0. The van der Waals surface area contributed by atoms with Crippen molar-refractivity contribution >= 4 is 11.9 Å². The Morgan fingerprint density at radius 3 is 2.18 bits per heavy atom. The van der Waals surface area contributed by atoms with Crippen molar-refractivity contribution in [3.05, 3.63) is 66.2 Å². The molecule has 0 bridgehead atoms. The number of hydrogen-bond donors (Lipinski definition) is 1. The van der Waals surface area contributed by atoms with Crippen LogP contribution >= 0.6 is 0 Å². The SMILES string of the molecule is C[C@@H](/C=N\Nc1ccccc1)c1ccccc1. The summed E-state index contributed by atoms with van der Waals surface area (Å²) in [6, 6.07) is 20.3. The number of hydrazone groups is 1. The van der Waals surface area contributed by atoms with Gasteiger partial charge in [0.25, 0.3) is 0 Å². The van der Waals surface area contributed by atoms with Crippen molar-refractivity contribution < 1.29 is 0 Å². The Morgan fingerprint density at radius 2 is 1.53 bits per heavy atom. The van der Waals surface area contributed by atoms with Gasteiger partial charge in [0.2, 0.25) is 0 Å². The Hall–Kier alpha value is -2.09. The number of benzene rings is 2. The zero-order valence-electron chi connectivity index (χ0n) is 9.88. The van der Waals surface area contributed by atoms with Gasteiger partial charge in [0.15, 0.2) is 0 Å². The van der Waals surface area contributed by atoms with Crippen molar-refractivity contribution in [1.82, 2.24) is 0 Å². The molecule has 0 aliphatic carbocycles. The molecule has 0 aliphatic heterocycles. The van der Waals surface area contributed by atoms with Gasteiger partial charge in [-0.3, -0.25) is 5.43 Å². The van der Waals surface area contributed by atoms with Gasteiger partial charge in [-0.25, -0.2) is 0 Å². The second-order valence-electron chi connectivity index (χ2n) is 3.96. The molecule has 86 valence electrons. The first kappa shape index (κ1) is 11.4. The first-order valence-corrected chi connectivity index (χ1v) is 5.75. The molecular weight excluding hydrogens is 208 g/mol. The van der Waals surface area contributed by atoms with Crippen LogP contribution < -0.4 is 5.43 Å². The molecular formula is C15H16N2. The lowest BCUT2D eigenvalue weighted by Gasteiger charge is -2.05. The van der Waals surface area contributed by atoms with Crippen LogP contribution in [0.4, 0.5) is 5.69 Å². The van der Waals surface area contributed by atoms with E-state index in [4.69, 9.17) is 0 Å². The summed E-state index contributed by atoms with van der Waals surface area (Å²) in [6.07, 6.45) is 1.92. The average molecular weight is 224 g/mol. The summed E-state index contributed by atoms with van der Waals surface area (Å²) in [5, 5.41) is 4.24. The molecule has 0 spiro atoms. The van der Waals surface area contributed by atoms with E-state index in [2.05, 4.69) is 29.6 Å². The van der Waals surface area contributed by atoms with Crippen LogP contribution in [-0.4, -0.2) is 6.21 Å². The van der Waals surface area contributed by atoms with E-state index in [0.717, 1.165) is 5.69 Å². The zero-order valence-corrected chi connectivity index (χ0v) is 9.88. The first-order chi connectivity index (χ1) is 8.36. The molecule has 0 heterocycles. The highest BCUT2D eigenvalue weighted by molar-refractivity contribution is 5.68. The highest BCUT2D eigenvalue weighted by Gasteiger charge is 1.99. The summed E-state index contributed by atoms with van der Waals surface area (Å²) in [5.41, 5.74) is 5.29. The summed E-state index contributed by atoms with van der Waals surface area (Å²) in [5.74, 6) is 0.312. The average Bonchev–Trinajstić information content (AvgIpc) is 2.41. The second-order valence-corrected chi connectivity index (χ2v) is 3.96. The van der Waals surface area contributed by atoms with Gasteiger partial charge in [0, 0.05) is 12.1 Å². The zero-order chi connectivity index (χ0) is 11.9. The maximum absolute atomic E-state index is 4.24. The van der Waals surface area contributed by atoms with Crippen molar-refractivity contribution in [2.45, 2.75) is 12.8 Å². The molecule has 0 saturated heterocycles. The van der Waals surface area contributed by atoms with Crippen LogP contribution in [0, 0.1) is 0 Å². The van der Waals surface area contributed by atoms with E-state index >= 15 is 0 Å². The fourth-order valence-electron chi connectivity index (χ4n) is 1.58. The van der Waals surface area contributed by atoms with Crippen molar-refractivity contribution in [3.8, 4) is 0 Å². The molecule has 0 amide bonds. The van der Waals surface area contributed by atoms with E-state index in [1.54, 1.807) is 0 Å². The Morgan fingerprint density at radius 1 is 0.941 bits per heavy atom. The molecule has 0 saturated carbocycles. The van der Waals surface area contributed by atoms with Gasteiger partial charge in [-0.05, 0) is 17.7 Å². The predicted octanol–water partition coefficient (Wildman–Crippen LogP) is 3.89. The number of para-hydroxylation sites is 1. The Kier molecular flexibility index (Phi) is 3.92. The third-order valence-electron chi connectivity index (χ3n) is 2.59. The van der Waals surface area contributed by atoms with E-state index in [1.807, 2.05) is 54.7 Å². The minimum absolute atomic E-state index is 0.312. The maximum Gasteiger partial charge on any atom is 0.0561 e. The molecule has 0 unspecified atom stereocenters. The number of anilines is 1. The number of nitrogens with zero attached hydrogens (tertiary/aromatic N) is 1. The van der Waals surface area contributed by atoms with E-state index in [1.165, 1.54) is 5.56 Å². The standard InChI is InChI=1S/C15H16N2/c1-13(14-8-4-2-5-9-14)12-16-17-15-10-6-3-7-11-15/h2-13,17H,1H3/b16-12-/t13-/m0/s1. The molecule has 2 aromatic rings. The van der Waals surface area contributed by atoms with Crippen LogP contribution in [0.2, 0.25) is 0 Å². The molecule has 0 fully saturated rings. The predicted molar refractivity (Wildman–Crippen MR) is 73.4 cm³/mol. The minimum atomic E-state index is 0.312. The fourth-order valence-corrected chi connectivity index (χ4v) is 1.58. The molecule has 0 aromatic heterocycles. The third-order valence-corrected chi connectivity index (χ3v) is 2.59. The highest BCUT2D eigenvalue weighted by Crippen LogP contribution is 2.12. The Labute approximate surface area is 102 Å². The van der Waals surface area contributed by atoms with E-state index in [-0.39, 0.29) is 0 Å². The van der Waals surface area contributed by atoms with E-state index in [9.17, 15) is 0 Å². The minimum Gasteiger partial charge on any atom is -0.279 e. The largest absolute Gasteiger partial charge is 0.279 e. The van der Waals surface area contributed by atoms with E-state index < -0.39 is 0 Å². The van der Waals surface area contributed by atoms with Gasteiger partial charge in [-0.1, -0.05) is 55.5 Å². The Bertz CT molecular complexity index is 463. The molecule has 2 nitrogen and oxygen atoms in total. The van der Waals surface area contributed by atoms with Crippen LogP contribution in [0.15, 0.2) is 65.8 Å². The quantitative estimate of drug-likeness (QED) is 0.618. The molecule has 2 aromatic carbocycles. The smallest absolute Gasteiger partial charge is 0.0561 e. The summed E-state index contributed by atoms with van der Waals surface area (Å²) in [7, 11) is 0. The molecule has 17 heavy (non-hydrogen) atoms. The summed E-state index contributed by atoms with van der Waals surface area (Å²) in [4.78, 5) is 0. The molecule has 1 atom stereocenters. The van der Waals surface area contributed by atoms with Gasteiger partial charge < -0.3 is 0 Å². The van der Waals surface area contributed by atoms with Crippen LogP contribution in [0.3, 0.4) is 0 Å². The molecule has 0 aliphatic rings. The van der Waals surface area contributed by atoms with E-state index in [0.29, 0.717) is 5.92 Å². The van der Waals surface area contributed by atoms with Crippen molar-refractivity contribution in [2.24, 2.45) is 5.10 Å². The lowest BCUT2D eigenvalue weighted by Crippen LogP contribution is -1.97. The van der Waals surface area contributed by atoms with Gasteiger partial charge in [-0.2, -0.15) is 5.10 Å². The van der Waals surface area contributed by atoms with Gasteiger partial charge in [0.1, 0.15) is 0 Å². The summed E-state index contributed by atoms with van der Waals surface area (Å²) >= 11 is 0. The maximum atomic E-state index is 4.24. The van der Waals surface area contributed by atoms with Gasteiger partial charge in [-0.15, -0.1) is 0 Å². The van der Waals surface area contributed by atoms with Crippen molar-refractivity contribution in [3.63, 3.8) is 0 Å².